The van der Waals surface area contributed by atoms with E-state index in [-0.39, 0.29) is 22.8 Å². The highest BCUT2D eigenvalue weighted by Gasteiger charge is 2.34. The van der Waals surface area contributed by atoms with Gasteiger partial charge in [-0.2, -0.15) is 13.2 Å². The summed E-state index contributed by atoms with van der Waals surface area (Å²) < 4.78 is 36.2. The van der Waals surface area contributed by atoms with Gasteiger partial charge in [-0.15, -0.1) is 10.2 Å². The molecule has 0 aliphatic heterocycles. The summed E-state index contributed by atoms with van der Waals surface area (Å²) >= 11 is 0.802. The van der Waals surface area contributed by atoms with Crippen LogP contribution in [0.5, 0.6) is 0 Å². The van der Waals surface area contributed by atoms with Gasteiger partial charge in [-0.3, -0.25) is 10.1 Å². The molecule has 1 N–H and O–H groups in total. The van der Waals surface area contributed by atoms with E-state index >= 15 is 0 Å². The molecule has 18 heavy (non-hydrogen) atoms. The summed E-state index contributed by atoms with van der Waals surface area (Å²) in [5.74, 6) is -0.570. The quantitative estimate of drug-likeness (QED) is 0.927. The average Bonchev–Trinajstić information content (AvgIpc) is 2.63. The van der Waals surface area contributed by atoms with Gasteiger partial charge >= 0.3 is 5.51 Å². The van der Waals surface area contributed by atoms with Crippen molar-refractivity contribution < 1.29 is 18.0 Å². The lowest BCUT2D eigenvalue weighted by molar-refractivity contribution is -0.115. The third-order valence-electron chi connectivity index (χ3n) is 1.84. The maximum Gasteiger partial charge on any atom is 0.442 e. The van der Waals surface area contributed by atoms with Gasteiger partial charge in [0.25, 0.3) is 0 Å². The number of alkyl halides is 3. The lowest BCUT2D eigenvalue weighted by Crippen LogP contribution is -2.25. The number of amides is 1. The first-order chi connectivity index (χ1) is 8.19. The fraction of sp³-hybridized carbons (Fsp3) is 0.667. The van der Waals surface area contributed by atoms with E-state index in [1.165, 1.54) is 6.92 Å². The van der Waals surface area contributed by atoms with Gasteiger partial charge in [0.15, 0.2) is 0 Å². The van der Waals surface area contributed by atoms with Gasteiger partial charge in [0.2, 0.25) is 11.0 Å². The lowest BCUT2D eigenvalue weighted by Gasteiger charge is -2.11. The van der Waals surface area contributed by atoms with Crippen LogP contribution in [0.15, 0.2) is 0 Å². The number of aromatic nitrogens is 2. The Morgan fingerprint density at radius 1 is 1.33 bits per heavy atom. The van der Waals surface area contributed by atoms with Crippen molar-refractivity contribution in [3.63, 3.8) is 0 Å². The Balaban J connectivity index is 2.58. The van der Waals surface area contributed by atoms with Crippen LogP contribution in [0.25, 0.3) is 0 Å². The molecule has 0 aromatic carbocycles. The Morgan fingerprint density at radius 2 is 1.94 bits per heavy atom. The molecule has 1 atom stereocenters. The number of thioether (sulfide) groups is 1. The molecule has 0 aliphatic rings. The van der Waals surface area contributed by atoms with Crippen molar-refractivity contribution in [2.75, 3.05) is 5.32 Å². The van der Waals surface area contributed by atoms with Gasteiger partial charge in [0.05, 0.1) is 5.25 Å². The molecule has 0 fully saturated rings. The van der Waals surface area contributed by atoms with Crippen LogP contribution in [0.1, 0.15) is 31.7 Å². The molecule has 0 aliphatic carbocycles. The molecule has 0 saturated heterocycles. The zero-order valence-corrected chi connectivity index (χ0v) is 11.5. The molecule has 1 aromatic heterocycles. The molecule has 1 amide bonds. The number of nitrogens with zero attached hydrogens (tertiary/aromatic N) is 2. The zero-order chi connectivity index (χ0) is 13.9. The minimum Gasteiger partial charge on any atom is -0.300 e. The number of hydrogen-bond acceptors (Lipinski definition) is 5. The van der Waals surface area contributed by atoms with E-state index in [2.05, 4.69) is 15.5 Å². The molecule has 1 aromatic rings. The van der Waals surface area contributed by atoms with Crippen molar-refractivity contribution in [2.45, 2.75) is 37.4 Å². The summed E-state index contributed by atoms with van der Waals surface area (Å²) in [6, 6.07) is 0. The largest absolute Gasteiger partial charge is 0.442 e. The fourth-order valence-corrected chi connectivity index (χ4v) is 2.29. The maximum absolute atomic E-state index is 12.1. The van der Waals surface area contributed by atoms with Gasteiger partial charge in [-0.25, -0.2) is 0 Å². The van der Waals surface area contributed by atoms with E-state index < -0.39 is 16.7 Å². The van der Waals surface area contributed by atoms with Crippen LogP contribution in [0.2, 0.25) is 0 Å². The van der Waals surface area contributed by atoms with Crippen LogP contribution in [-0.4, -0.2) is 26.9 Å². The van der Waals surface area contributed by atoms with Crippen LogP contribution >= 0.6 is 23.1 Å². The summed E-state index contributed by atoms with van der Waals surface area (Å²) in [5.41, 5.74) is -4.43. The first kappa shape index (κ1) is 15.2. The van der Waals surface area contributed by atoms with Gasteiger partial charge < -0.3 is 0 Å². The number of rotatable bonds is 4. The summed E-state index contributed by atoms with van der Waals surface area (Å²) in [6.07, 6.45) is 0. The third kappa shape index (κ3) is 4.81. The number of carbonyl (C=O) groups excluding carboxylic acids is 1. The van der Waals surface area contributed by atoms with E-state index in [0.717, 1.165) is 16.3 Å². The summed E-state index contributed by atoms with van der Waals surface area (Å²) in [4.78, 5) is 11.5. The maximum atomic E-state index is 12.1. The van der Waals surface area contributed by atoms with Crippen molar-refractivity contribution in [1.29, 1.82) is 0 Å². The van der Waals surface area contributed by atoms with E-state index in [1.54, 1.807) is 0 Å². The highest BCUT2D eigenvalue weighted by Crippen LogP contribution is 2.34. The van der Waals surface area contributed by atoms with Gasteiger partial charge in [0.1, 0.15) is 5.01 Å². The SMILES string of the molecule is CC(C)c1nnc(NC(=O)[C@H](C)SC(F)(F)F)s1. The summed E-state index contributed by atoms with van der Waals surface area (Å²) in [6.45, 7) is 5.01. The first-order valence-electron chi connectivity index (χ1n) is 5.08. The Bertz CT molecular complexity index is 419. The summed E-state index contributed by atoms with van der Waals surface area (Å²) in [5, 5.41) is 9.57. The molecular weight excluding hydrogens is 287 g/mol. The molecule has 102 valence electrons. The van der Waals surface area contributed by atoms with Crippen molar-refractivity contribution in [3.05, 3.63) is 5.01 Å². The highest BCUT2D eigenvalue weighted by molar-refractivity contribution is 8.01. The molecule has 0 radical (unpaired) electrons. The molecule has 1 rings (SSSR count). The Morgan fingerprint density at radius 3 is 2.39 bits per heavy atom. The molecule has 0 unspecified atom stereocenters. The molecule has 0 bridgehead atoms. The molecule has 0 saturated carbocycles. The molecule has 1 heterocycles. The van der Waals surface area contributed by atoms with Crippen molar-refractivity contribution in [3.8, 4) is 0 Å². The number of hydrogen-bond donors (Lipinski definition) is 1. The number of halogens is 3. The fourth-order valence-electron chi connectivity index (χ4n) is 0.979. The van der Waals surface area contributed by atoms with Crippen molar-refractivity contribution in [1.82, 2.24) is 10.2 Å². The van der Waals surface area contributed by atoms with Gasteiger partial charge in [-0.05, 0) is 18.7 Å². The van der Waals surface area contributed by atoms with Crippen LogP contribution in [0.4, 0.5) is 18.3 Å². The van der Waals surface area contributed by atoms with Crippen LogP contribution < -0.4 is 5.32 Å². The predicted octanol–water partition coefficient (Wildman–Crippen LogP) is 3.24. The average molecular weight is 299 g/mol. The topological polar surface area (TPSA) is 54.9 Å². The van der Waals surface area contributed by atoms with E-state index in [0.29, 0.717) is 0 Å². The smallest absolute Gasteiger partial charge is 0.300 e. The Kier molecular flexibility index (Phi) is 4.97. The van der Waals surface area contributed by atoms with Crippen LogP contribution in [-0.2, 0) is 4.79 Å². The molecule has 4 nitrogen and oxygen atoms in total. The van der Waals surface area contributed by atoms with E-state index in [4.69, 9.17) is 0 Å². The highest BCUT2D eigenvalue weighted by atomic mass is 32.2. The predicted molar refractivity (Wildman–Crippen MR) is 65.7 cm³/mol. The van der Waals surface area contributed by atoms with Gasteiger partial charge in [0, 0.05) is 5.92 Å². The van der Waals surface area contributed by atoms with E-state index in [1.807, 2.05) is 13.8 Å². The lowest BCUT2D eigenvalue weighted by atomic mass is 10.2. The Hall–Kier alpha value is -0.830. The molecule has 9 heteroatoms. The Labute approximate surface area is 110 Å². The van der Waals surface area contributed by atoms with E-state index in [9.17, 15) is 18.0 Å². The zero-order valence-electron chi connectivity index (χ0n) is 9.91. The second-order valence-electron chi connectivity index (χ2n) is 3.80. The molecule has 0 spiro atoms. The number of nitrogens with one attached hydrogen (secondary N) is 1. The standard InChI is InChI=1S/C9H12F3N3OS2/c1-4(2)7-14-15-8(17-7)13-6(16)5(3)18-9(10,11)12/h4-5H,1-3H3,(H,13,15,16)/t5-/m0/s1. The number of anilines is 1. The van der Waals surface area contributed by atoms with Crippen LogP contribution in [0.3, 0.4) is 0 Å². The monoisotopic (exact) mass is 299 g/mol. The third-order valence-corrected chi connectivity index (χ3v) is 3.82. The number of carbonyl (C=O) groups is 1. The normalized spacial score (nSPS) is 13.7. The first-order valence-corrected chi connectivity index (χ1v) is 6.77. The summed E-state index contributed by atoms with van der Waals surface area (Å²) in [7, 11) is 0. The van der Waals surface area contributed by atoms with Gasteiger partial charge in [-0.1, -0.05) is 25.2 Å². The second-order valence-corrected chi connectivity index (χ2v) is 6.21. The minimum absolute atomic E-state index is 0.162. The molecular formula is C9H12F3N3OS2. The van der Waals surface area contributed by atoms with Crippen LogP contribution in [0, 0.1) is 0 Å². The second kappa shape index (κ2) is 5.87. The van der Waals surface area contributed by atoms with Crippen molar-refractivity contribution in [2.24, 2.45) is 0 Å². The minimum atomic E-state index is -4.43. The van der Waals surface area contributed by atoms with Crippen molar-refractivity contribution >= 4 is 34.1 Å².